The van der Waals surface area contributed by atoms with Crippen molar-refractivity contribution in [3.8, 4) is 78.5 Å². The first kappa shape index (κ1) is 33.1. The zero-order valence-electron chi connectivity index (χ0n) is 30.5. The second-order valence-corrected chi connectivity index (χ2v) is 14.0. The van der Waals surface area contributed by atoms with Crippen LogP contribution in [0.3, 0.4) is 0 Å². The van der Waals surface area contributed by atoms with Crippen LogP contribution in [-0.4, -0.2) is 15.0 Å². The van der Waals surface area contributed by atoms with E-state index < -0.39 is 0 Å². The molecule has 3 nitrogen and oxygen atoms in total. The third kappa shape index (κ3) is 6.31. The van der Waals surface area contributed by atoms with Gasteiger partial charge in [-0.2, -0.15) is 0 Å². The van der Waals surface area contributed by atoms with Crippen molar-refractivity contribution in [1.29, 1.82) is 0 Å². The van der Waals surface area contributed by atoms with Gasteiger partial charge in [-0.15, -0.1) is 0 Å². The van der Waals surface area contributed by atoms with Crippen LogP contribution in [-0.2, 0) is 0 Å². The summed E-state index contributed by atoms with van der Waals surface area (Å²) in [5.41, 5.74) is 14.5. The molecule has 0 saturated carbocycles. The van der Waals surface area contributed by atoms with Gasteiger partial charge < -0.3 is 0 Å². The second-order valence-electron chi connectivity index (χ2n) is 14.0. The van der Waals surface area contributed by atoms with Crippen molar-refractivity contribution in [2.24, 2.45) is 0 Å². The first-order chi connectivity index (χ1) is 27.7. The number of benzene rings is 8. The maximum absolute atomic E-state index is 5.40. The molecule has 2 heterocycles. The van der Waals surface area contributed by atoms with Crippen LogP contribution in [0.25, 0.3) is 100 Å². The van der Waals surface area contributed by atoms with Crippen molar-refractivity contribution in [3.05, 3.63) is 212 Å². The number of hydrogen-bond donors (Lipinski definition) is 0. The maximum Gasteiger partial charge on any atom is 0.160 e. The molecule has 2 aromatic heterocycles. The standard InChI is InChI=1S/C53H35N3/c1-6-17-36(18-7-1)42-31-43(37-19-8-2-9-20-37)33-44(32-42)49-35-48(55-53(56-49)40-25-14-5-15-26-40)41-29-30-46-50(34-41)54-52(39-23-12-4-13-24-39)47-28-16-27-45(51(46)47)38-21-10-3-11-22-38/h1-35H. The van der Waals surface area contributed by atoms with Crippen molar-refractivity contribution in [1.82, 2.24) is 15.0 Å². The van der Waals surface area contributed by atoms with Gasteiger partial charge in [0.05, 0.1) is 22.6 Å². The summed E-state index contributed by atoms with van der Waals surface area (Å²) in [6, 6.07) is 74.5. The van der Waals surface area contributed by atoms with Gasteiger partial charge >= 0.3 is 0 Å². The molecule has 3 heteroatoms. The highest BCUT2D eigenvalue weighted by Gasteiger charge is 2.18. The van der Waals surface area contributed by atoms with Crippen LogP contribution < -0.4 is 0 Å². The smallest absolute Gasteiger partial charge is 0.160 e. The molecule has 0 radical (unpaired) electrons. The highest BCUT2D eigenvalue weighted by molar-refractivity contribution is 6.17. The lowest BCUT2D eigenvalue weighted by atomic mass is 9.92. The predicted molar refractivity (Wildman–Crippen MR) is 233 cm³/mol. The van der Waals surface area contributed by atoms with Crippen LogP contribution >= 0.6 is 0 Å². The van der Waals surface area contributed by atoms with E-state index in [0.29, 0.717) is 5.82 Å². The summed E-state index contributed by atoms with van der Waals surface area (Å²) < 4.78 is 0. The number of hydrogen-bond acceptors (Lipinski definition) is 3. The zero-order valence-corrected chi connectivity index (χ0v) is 30.5. The largest absolute Gasteiger partial charge is 0.247 e. The molecule has 8 aromatic carbocycles. The van der Waals surface area contributed by atoms with E-state index in [-0.39, 0.29) is 0 Å². The number of fused-ring (bicyclic) bond motifs is 3. The summed E-state index contributed by atoms with van der Waals surface area (Å²) in [6.07, 6.45) is 0. The van der Waals surface area contributed by atoms with Gasteiger partial charge in [0.25, 0.3) is 0 Å². The van der Waals surface area contributed by atoms with Gasteiger partial charge in [-0.05, 0) is 63.7 Å². The SMILES string of the molecule is c1ccc(-c2cc(-c3ccccc3)cc(-c3cc(-c4ccc5c(c4)nc(-c4ccccc4)c4cccc(-c6ccccc6)c45)nc(-c4ccccc4)n3)c2)cc1. The van der Waals surface area contributed by atoms with Crippen LogP contribution in [0, 0.1) is 0 Å². The molecule has 0 fully saturated rings. The first-order valence-electron chi connectivity index (χ1n) is 18.9. The molecule has 56 heavy (non-hydrogen) atoms. The Morgan fingerprint density at radius 1 is 0.268 bits per heavy atom. The number of rotatable bonds is 7. The summed E-state index contributed by atoms with van der Waals surface area (Å²) in [5.74, 6) is 0.674. The Kier molecular flexibility index (Phi) is 8.51. The Balaban J connectivity index is 1.21. The molecule has 0 spiro atoms. The monoisotopic (exact) mass is 713 g/mol. The fourth-order valence-electron chi connectivity index (χ4n) is 7.72. The number of pyridine rings is 1. The molecule has 10 aromatic rings. The first-order valence-corrected chi connectivity index (χ1v) is 18.9. The van der Waals surface area contributed by atoms with Crippen LogP contribution in [0.15, 0.2) is 212 Å². The van der Waals surface area contributed by atoms with Gasteiger partial charge in [-0.1, -0.05) is 182 Å². The van der Waals surface area contributed by atoms with Crippen LogP contribution in [0.4, 0.5) is 0 Å². The molecule has 0 aliphatic heterocycles. The van der Waals surface area contributed by atoms with Crippen LogP contribution in [0.2, 0.25) is 0 Å². The number of nitrogens with zero attached hydrogens (tertiary/aromatic N) is 3. The predicted octanol–water partition coefficient (Wildman–Crippen LogP) is 13.8. The van der Waals surface area contributed by atoms with Gasteiger partial charge in [0.15, 0.2) is 5.82 Å². The third-order valence-electron chi connectivity index (χ3n) is 10.4. The lowest BCUT2D eigenvalue weighted by Gasteiger charge is -2.16. The van der Waals surface area contributed by atoms with Crippen LogP contribution in [0.1, 0.15) is 0 Å². The Morgan fingerprint density at radius 3 is 1.36 bits per heavy atom. The van der Waals surface area contributed by atoms with Gasteiger partial charge in [0.1, 0.15) is 0 Å². The van der Waals surface area contributed by atoms with E-state index in [1.807, 2.05) is 18.2 Å². The highest BCUT2D eigenvalue weighted by atomic mass is 14.9. The topological polar surface area (TPSA) is 38.7 Å². The fourth-order valence-corrected chi connectivity index (χ4v) is 7.72. The average molecular weight is 714 g/mol. The number of aromatic nitrogens is 3. The van der Waals surface area contributed by atoms with Gasteiger partial charge in [-0.3, -0.25) is 0 Å². The third-order valence-corrected chi connectivity index (χ3v) is 10.4. The second kappa shape index (κ2) is 14.4. The van der Waals surface area contributed by atoms with E-state index in [0.717, 1.165) is 77.9 Å². The molecule has 0 aliphatic carbocycles. The molecule has 0 bridgehead atoms. The van der Waals surface area contributed by atoms with Gasteiger partial charge in [0.2, 0.25) is 0 Å². The van der Waals surface area contributed by atoms with Crippen molar-refractivity contribution in [2.45, 2.75) is 0 Å². The van der Waals surface area contributed by atoms with E-state index in [1.54, 1.807) is 0 Å². The molecular formula is C53H35N3. The van der Waals surface area contributed by atoms with E-state index >= 15 is 0 Å². The van der Waals surface area contributed by atoms with Crippen molar-refractivity contribution < 1.29 is 0 Å². The molecule has 0 unspecified atom stereocenters. The molecule has 0 atom stereocenters. The van der Waals surface area contributed by atoms with Crippen molar-refractivity contribution in [2.75, 3.05) is 0 Å². The van der Waals surface area contributed by atoms with E-state index in [4.69, 9.17) is 15.0 Å². The lowest BCUT2D eigenvalue weighted by Crippen LogP contribution is -1.97. The zero-order chi connectivity index (χ0) is 37.3. The van der Waals surface area contributed by atoms with Gasteiger partial charge in [0, 0.05) is 38.4 Å². The fraction of sp³-hybridized carbons (Fsp3) is 0. The Morgan fingerprint density at radius 2 is 0.768 bits per heavy atom. The summed E-state index contributed by atoms with van der Waals surface area (Å²) in [4.78, 5) is 15.9. The van der Waals surface area contributed by atoms with Crippen LogP contribution in [0.5, 0.6) is 0 Å². The molecule has 0 N–H and O–H groups in total. The average Bonchev–Trinajstić information content (AvgIpc) is 3.29. The Labute approximate surface area is 326 Å². The van der Waals surface area contributed by atoms with Crippen molar-refractivity contribution in [3.63, 3.8) is 0 Å². The molecule has 0 saturated heterocycles. The molecule has 262 valence electrons. The summed E-state index contributed by atoms with van der Waals surface area (Å²) in [6.45, 7) is 0. The normalized spacial score (nSPS) is 11.2. The minimum Gasteiger partial charge on any atom is -0.247 e. The lowest BCUT2D eigenvalue weighted by molar-refractivity contribution is 1.18. The highest BCUT2D eigenvalue weighted by Crippen LogP contribution is 2.40. The summed E-state index contributed by atoms with van der Waals surface area (Å²) in [5, 5.41) is 3.41. The van der Waals surface area contributed by atoms with E-state index in [2.05, 4.69) is 194 Å². The van der Waals surface area contributed by atoms with Crippen molar-refractivity contribution >= 4 is 21.7 Å². The minimum absolute atomic E-state index is 0.674. The quantitative estimate of drug-likeness (QED) is 0.154. The Bertz CT molecular complexity index is 2920. The van der Waals surface area contributed by atoms with E-state index in [1.165, 1.54) is 16.5 Å². The van der Waals surface area contributed by atoms with E-state index in [9.17, 15) is 0 Å². The Hall–Kier alpha value is -7.49. The molecular weight excluding hydrogens is 679 g/mol. The summed E-state index contributed by atoms with van der Waals surface area (Å²) >= 11 is 0. The minimum atomic E-state index is 0.674. The molecule has 0 aliphatic rings. The summed E-state index contributed by atoms with van der Waals surface area (Å²) in [7, 11) is 0. The van der Waals surface area contributed by atoms with Gasteiger partial charge in [-0.25, -0.2) is 15.0 Å². The maximum atomic E-state index is 5.40. The molecule has 0 amide bonds. The molecule has 10 rings (SSSR count).